The summed E-state index contributed by atoms with van der Waals surface area (Å²) in [5.41, 5.74) is -0.727. The molecule has 1 N–H and O–H groups in total. The van der Waals surface area contributed by atoms with E-state index in [1.807, 2.05) is 20.8 Å². The molecule has 1 atom stereocenters. The molecule has 0 aliphatic heterocycles. The molecule has 0 aliphatic rings. The molecule has 0 heterocycles. The lowest BCUT2D eigenvalue weighted by atomic mass is 9.95. The van der Waals surface area contributed by atoms with Crippen molar-refractivity contribution in [2.45, 2.75) is 45.2 Å². The lowest BCUT2D eigenvalue weighted by Crippen LogP contribution is -2.53. The quantitative estimate of drug-likeness (QED) is 0.592. The number of methoxy groups -OCH3 is 1. The van der Waals surface area contributed by atoms with Crippen molar-refractivity contribution in [3.63, 3.8) is 0 Å². The Balaban J connectivity index is 2.46. The lowest BCUT2D eigenvalue weighted by molar-refractivity contribution is -0.148. The third-order valence-corrected chi connectivity index (χ3v) is 3.15. The zero-order valence-electron chi connectivity index (χ0n) is 13.1. The van der Waals surface area contributed by atoms with Crippen molar-refractivity contribution in [1.29, 1.82) is 0 Å². The van der Waals surface area contributed by atoms with Crippen LogP contribution >= 0.6 is 0 Å². The highest BCUT2D eigenvalue weighted by atomic mass is 19.1. The Bertz CT molecular complexity index is 447. The van der Waals surface area contributed by atoms with E-state index in [0.29, 0.717) is 25.2 Å². The minimum absolute atomic E-state index is 0.173. The maximum absolute atomic E-state index is 12.8. The van der Waals surface area contributed by atoms with Gasteiger partial charge in [-0.1, -0.05) is 0 Å². The van der Waals surface area contributed by atoms with Crippen LogP contribution in [-0.4, -0.2) is 31.3 Å². The average molecular weight is 297 g/mol. The van der Waals surface area contributed by atoms with E-state index in [4.69, 9.17) is 9.47 Å². The zero-order chi connectivity index (χ0) is 15.9. The standard InChI is InChI=1S/C16H24FNO3/c1-12(2)18-16(3,15(19)20-4)10-5-11-21-14-8-6-13(17)7-9-14/h6-9,12,18H,5,10-11H2,1-4H3. The van der Waals surface area contributed by atoms with Gasteiger partial charge in [-0.3, -0.25) is 10.1 Å². The summed E-state index contributed by atoms with van der Waals surface area (Å²) in [7, 11) is 1.39. The Hall–Kier alpha value is -1.62. The summed E-state index contributed by atoms with van der Waals surface area (Å²) in [4.78, 5) is 11.9. The molecule has 5 heteroatoms. The number of ether oxygens (including phenoxy) is 2. The molecule has 4 nitrogen and oxygen atoms in total. The number of esters is 1. The molecular weight excluding hydrogens is 273 g/mol. The number of benzene rings is 1. The molecule has 0 saturated carbocycles. The number of halogens is 1. The molecule has 21 heavy (non-hydrogen) atoms. The maximum Gasteiger partial charge on any atom is 0.325 e. The van der Waals surface area contributed by atoms with Crippen LogP contribution in [0.3, 0.4) is 0 Å². The maximum atomic E-state index is 12.8. The van der Waals surface area contributed by atoms with Gasteiger partial charge in [-0.25, -0.2) is 4.39 Å². The fraction of sp³-hybridized carbons (Fsp3) is 0.562. The smallest absolute Gasteiger partial charge is 0.325 e. The van der Waals surface area contributed by atoms with Crippen molar-refractivity contribution in [2.75, 3.05) is 13.7 Å². The Morgan fingerprint density at radius 3 is 2.48 bits per heavy atom. The first-order chi connectivity index (χ1) is 9.87. The first kappa shape index (κ1) is 17.4. The van der Waals surface area contributed by atoms with Crippen LogP contribution in [0.2, 0.25) is 0 Å². The van der Waals surface area contributed by atoms with Crippen molar-refractivity contribution >= 4 is 5.97 Å². The molecule has 1 rings (SSSR count). The van der Waals surface area contributed by atoms with E-state index in [-0.39, 0.29) is 17.8 Å². The van der Waals surface area contributed by atoms with Gasteiger partial charge in [-0.05, 0) is 57.9 Å². The molecule has 0 aromatic heterocycles. The normalized spacial score (nSPS) is 13.8. The Kier molecular flexibility index (Phi) is 6.62. The summed E-state index contributed by atoms with van der Waals surface area (Å²) < 4.78 is 23.2. The first-order valence-corrected chi connectivity index (χ1v) is 7.12. The van der Waals surface area contributed by atoms with E-state index in [9.17, 15) is 9.18 Å². The second-order valence-electron chi connectivity index (χ2n) is 5.53. The van der Waals surface area contributed by atoms with Gasteiger partial charge in [0.05, 0.1) is 13.7 Å². The van der Waals surface area contributed by atoms with Crippen molar-refractivity contribution < 1.29 is 18.7 Å². The highest BCUT2D eigenvalue weighted by Gasteiger charge is 2.34. The molecule has 0 saturated heterocycles. The molecule has 0 bridgehead atoms. The largest absolute Gasteiger partial charge is 0.494 e. The fourth-order valence-electron chi connectivity index (χ4n) is 2.24. The summed E-state index contributed by atoms with van der Waals surface area (Å²) in [6.45, 7) is 6.25. The molecule has 1 unspecified atom stereocenters. The van der Waals surface area contributed by atoms with Gasteiger partial charge in [0.25, 0.3) is 0 Å². The first-order valence-electron chi connectivity index (χ1n) is 7.12. The van der Waals surface area contributed by atoms with Gasteiger partial charge >= 0.3 is 5.97 Å². The molecule has 0 radical (unpaired) electrons. The van der Waals surface area contributed by atoms with Crippen LogP contribution in [0.5, 0.6) is 5.75 Å². The van der Waals surface area contributed by atoms with Gasteiger partial charge in [0.2, 0.25) is 0 Å². The van der Waals surface area contributed by atoms with Gasteiger partial charge in [0.1, 0.15) is 17.1 Å². The second-order valence-corrected chi connectivity index (χ2v) is 5.53. The fourth-order valence-corrected chi connectivity index (χ4v) is 2.24. The monoisotopic (exact) mass is 297 g/mol. The number of carbonyl (C=O) groups excluding carboxylic acids is 1. The number of hydrogen-bond acceptors (Lipinski definition) is 4. The number of hydrogen-bond donors (Lipinski definition) is 1. The topological polar surface area (TPSA) is 47.6 Å². The summed E-state index contributed by atoms with van der Waals surface area (Å²) in [6, 6.07) is 6.05. The lowest BCUT2D eigenvalue weighted by Gasteiger charge is -2.30. The van der Waals surface area contributed by atoms with Crippen LogP contribution in [-0.2, 0) is 9.53 Å². The molecule has 0 amide bonds. The molecule has 0 fully saturated rings. The van der Waals surface area contributed by atoms with Gasteiger partial charge in [-0.2, -0.15) is 0 Å². The van der Waals surface area contributed by atoms with Crippen LogP contribution in [0.4, 0.5) is 4.39 Å². The van der Waals surface area contributed by atoms with E-state index in [1.54, 1.807) is 12.1 Å². The molecule has 118 valence electrons. The second kappa shape index (κ2) is 7.98. The highest BCUT2D eigenvalue weighted by Crippen LogP contribution is 2.17. The SMILES string of the molecule is COC(=O)C(C)(CCCOc1ccc(F)cc1)NC(C)C. The van der Waals surface area contributed by atoms with E-state index in [0.717, 1.165) is 0 Å². The highest BCUT2D eigenvalue weighted by molar-refractivity contribution is 5.80. The van der Waals surface area contributed by atoms with Crippen LogP contribution in [0, 0.1) is 5.82 Å². The van der Waals surface area contributed by atoms with Crippen molar-refractivity contribution in [3.05, 3.63) is 30.1 Å². The van der Waals surface area contributed by atoms with Crippen molar-refractivity contribution in [3.8, 4) is 5.75 Å². The predicted octanol–water partition coefficient (Wildman–Crippen LogP) is 2.91. The minimum atomic E-state index is -0.727. The van der Waals surface area contributed by atoms with E-state index in [2.05, 4.69) is 5.32 Å². The van der Waals surface area contributed by atoms with Gasteiger partial charge in [0.15, 0.2) is 0 Å². The summed E-state index contributed by atoms with van der Waals surface area (Å²) in [6.07, 6.45) is 1.28. The minimum Gasteiger partial charge on any atom is -0.494 e. The summed E-state index contributed by atoms with van der Waals surface area (Å²) in [5, 5.41) is 3.23. The van der Waals surface area contributed by atoms with Crippen LogP contribution in [0.15, 0.2) is 24.3 Å². The third-order valence-electron chi connectivity index (χ3n) is 3.15. The average Bonchev–Trinajstić information content (AvgIpc) is 2.44. The van der Waals surface area contributed by atoms with Crippen LogP contribution in [0.25, 0.3) is 0 Å². The number of nitrogens with one attached hydrogen (secondary N) is 1. The van der Waals surface area contributed by atoms with Crippen LogP contribution < -0.4 is 10.1 Å². The Labute approximate surface area is 125 Å². The molecule has 1 aromatic rings. The molecular formula is C16H24FNO3. The van der Waals surface area contributed by atoms with Crippen LogP contribution in [0.1, 0.15) is 33.6 Å². The van der Waals surface area contributed by atoms with Crippen molar-refractivity contribution in [1.82, 2.24) is 5.32 Å². The van der Waals surface area contributed by atoms with Gasteiger partial charge in [-0.15, -0.1) is 0 Å². The van der Waals surface area contributed by atoms with Gasteiger partial charge in [0, 0.05) is 6.04 Å². The molecule has 0 aliphatic carbocycles. The summed E-state index contributed by atoms with van der Waals surface area (Å²) in [5.74, 6) is 0.0488. The number of rotatable bonds is 8. The van der Waals surface area contributed by atoms with E-state index in [1.165, 1.54) is 19.2 Å². The van der Waals surface area contributed by atoms with Crippen molar-refractivity contribution in [2.24, 2.45) is 0 Å². The molecule has 0 spiro atoms. The summed E-state index contributed by atoms with van der Waals surface area (Å²) >= 11 is 0. The zero-order valence-corrected chi connectivity index (χ0v) is 13.1. The molecule has 1 aromatic carbocycles. The van der Waals surface area contributed by atoms with E-state index >= 15 is 0 Å². The Morgan fingerprint density at radius 2 is 1.95 bits per heavy atom. The van der Waals surface area contributed by atoms with Gasteiger partial charge < -0.3 is 9.47 Å². The Morgan fingerprint density at radius 1 is 1.33 bits per heavy atom. The van der Waals surface area contributed by atoms with E-state index < -0.39 is 5.54 Å². The number of carbonyl (C=O) groups is 1. The predicted molar refractivity (Wildman–Crippen MR) is 79.8 cm³/mol. The third kappa shape index (κ3) is 5.71.